The topological polar surface area (TPSA) is 70.7 Å². The third-order valence-electron chi connectivity index (χ3n) is 4.46. The van der Waals surface area contributed by atoms with Crippen LogP contribution in [0.2, 0.25) is 0 Å². The van der Waals surface area contributed by atoms with Crippen molar-refractivity contribution in [2.24, 2.45) is 0 Å². The van der Waals surface area contributed by atoms with Crippen molar-refractivity contribution in [1.29, 1.82) is 0 Å². The van der Waals surface area contributed by atoms with Gasteiger partial charge in [0.2, 0.25) is 5.91 Å². The molecule has 3 amide bonds. The number of ether oxygens (including phenoxy) is 1. The molecular weight excluding hydrogens is 330 g/mol. The first-order chi connectivity index (χ1) is 12.5. The van der Waals surface area contributed by atoms with Crippen molar-refractivity contribution < 1.29 is 14.3 Å². The number of rotatable bonds is 6. The van der Waals surface area contributed by atoms with Gasteiger partial charge in [-0.3, -0.25) is 9.69 Å². The molecule has 136 valence electrons. The summed E-state index contributed by atoms with van der Waals surface area (Å²) in [6, 6.07) is 13.0. The van der Waals surface area contributed by atoms with Crippen molar-refractivity contribution in [2.45, 2.75) is 20.3 Å². The number of carbonyl (C=O) groups is 2. The van der Waals surface area contributed by atoms with Crippen LogP contribution in [-0.2, 0) is 4.79 Å². The average molecular weight is 353 g/mol. The van der Waals surface area contributed by atoms with Gasteiger partial charge in [-0.1, -0.05) is 12.1 Å². The van der Waals surface area contributed by atoms with E-state index in [4.69, 9.17) is 4.74 Å². The maximum absolute atomic E-state index is 12.1. The first kappa shape index (κ1) is 17.8. The van der Waals surface area contributed by atoms with Gasteiger partial charge in [-0.2, -0.15) is 0 Å². The van der Waals surface area contributed by atoms with Crippen LogP contribution in [-0.4, -0.2) is 31.6 Å². The highest BCUT2D eigenvalue weighted by atomic mass is 16.5. The molecule has 0 spiro atoms. The van der Waals surface area contributed by atoms with Gasteiger partial charge >= 0.3 is 6.03 Å². The molecule has 6 nitrogen and oxygen atoms in total. The minimum absolute atomic E-state index is 0.0922. The van der Waals surface area contributed by atoms with E-state index in [1.165, 1.54) is 5.56 Å². The van der Waals surface area contributed by atoms with E-state index in [1.807, 2.05) is 44.2 Å². The molecule has 0 unspecified atom stereocenters. The lowest BCUT2D eigenvalue weighted by Crippen LogP contribution is -2.27. The normalized spacial score (nSPS) is 13.5. The predicted molar refractivity (Wildman–Crippen MR) is 102 cm³/mol. The first-order valence-corrected chi connectivity index (χ1v) is 8.69. The standard InChI is InChI=1S/C20H23N3O3/c1-14-4-3-5-18(15(14)2)26-13-10-19(24)22-16-6-8-17(9-7-16)23-12-11-21-20(23)25/h3-9H,10-13H2,1-2H3,(H,21,25)(H,22,24). The lowest BCUT2D eigenvalue weighted by atomic mass is 10.1. The van der Waals surface area contributed by atoms with Crippen LogP contribution < -0.4 is 20.3 Å². The van der Waals surface area contributed by atoms with E-state index < -0.39 is 0 Å². The molecule has 0 bridgehead atoms. The van der Waals surface area contributed by atoms with Crippen LogP contribution in [0.25, 0.3) is 0 Å². The molecule has 2 aromatic carbocycles. The number of hydrogen-bond acceptors (Lipinski definition) is 3. The zero-order valence-corrected chi connectivity index (χ0v) is 15.0. The highest BCUT2D eigenvalue weighted by molar-refractivity contribution is 5.95. The Bertz CT molecular complexity index is 802. The summed E-state index contributed by atoms with van der Waals surface area (Å²) in [6.07, 6.45) is 0.268. The van der Waals surface area contributed by atoms with Gasteiger partial charge in [-0.05, 0) is 55.3 Å². The number of hydrogen-bond donors (Lipinski definition) is 2. The summed E-state index contributed by atoms with van der Waals surface area (Å²) in [4.78, 5) is 25.4. The van der Waals surface area contributed by atoms with E-state index in [9.17, 15) is 9.59 Å². The van der Waals surface area contributed by atoms with Gasteiger partial charge in [0.25, 0.3) is 0 Å². The fourth-order valence-electron chi connectivity index (χ4n) is 2.80. The monoisotopic (exact) mass is 353 g/mol. The fraction of sp³-hybridized carbons (Fsp3) is 0.300. The summed E-state index contributed by atoms with van der Waals surface area (Å²) < 4.78 is 5.71. The molecular formula is C20H23N3O3. The van der Waals surface area contributed by atoms with Gasteiger partial charge in [0.1, 0.15) is 5.75 Å². The number of carbonyl (C=O) groups excluding carboxylic acids is 2. The summed E-state index contributed by atoms with van der Waals surface area (Å²) in [5.41, 5.74) is 3.77. The van der Waals surface area contributed by atoms with Crippen molar-refractivity contribution in [3.8, 4) is 5.75 Å². The highest BCUT2D eigenvalue weighted by Crippen LogP contribution is 2.21. The number of urea groups is 1. The van der Waals surface area contributed by atoms with Crippen LogP contribution in [0, 0.1) is 13.8 Å². The minimum atomic E-state index is -0.109. The number of nitrogens with one attached hydrogen (secondary N) is 2. The molecule has 0 atom stereocenters. The van der Waals surface area contributed by atoms with Crippen LogP contribution in [0.15, 0.2) is 42.5 Å². The molecule has 1 heterocycles. The van der Waals surface area contributed by atoms with E-state index >= 15 is 0 Å². The Morgan fingerprint density at radius 3 is 2.65 bits per heavy atom. The van der Waals surface area contributed by atoms with Gasteiger partial charge in [-0.15, -0.1) is 0 Å². The highest BCUT2D eigenvalue weighted by Gasteiger charge is 2.20. The molecule has 0 aromatic heterocycles. The zero-order valence-electron chi connectivity index (χ0n) is 15.0. The Hall–Kier alpha value is -3.02. The second kappa shape index (κ2) is 7.91. The Balaban J connectivity index is 1.49. The van der Waals surface area contributed by atoms with Crippen LogP contribution in [0.5, 0.6) is 5.75 Å². The summed E-state index contributed by atoms with van der Waals surface area (Å²) in [7, 11) is 0. The van der Waals surface area contributed by atoms with Crippen LogP contribution in [0.3, 0.4) is 0 Å². The van der Waals surface area contributed by atoms with E-state index in [2.05, 4.69) is 10.6 Å². The Morgan fingerprint density at radius 2 is 1.96 bits per heavy atom. The molecule has 0 saturated carbocycles. The van der Waals surface area contributed by atoms with Crippen molar-refractivity contribution in [2.75, 3.05) is 29.9 Å². The van der Waals surface area contributed by atoms with E-state index in [0.717, 1.165) is 17.0 Å². The van der Waals surface area contributed by atoms with Crippen molar-refractivity contribution in [1.82, 2.24) is 5.32 Å². The molecule has 1 aliphatic rings. The van der Waals surface area contributed by atoms with Gasteiger partial charge in [0.05, 0.1) is 13.0 Å². The summed E-state index contributed by atoms with van der Waals surface area (Å²) in [6.45, 7) is 5.66. The molecule has 1 saturated heterocycles. The Labute approximate surface area is 153 Å². The van der Waals surface area contributed by atoms with Crippen molar-refractivity contribution in [3.05, 3.63) is 53.6 Å². The van der Waals surface area contributed by atoms with Crippen LogP contribution >= 0.6 is 0 Å². The van der Waals surface area contributed by atoms with Crippen LogP contribution in [0.4, 0.5) is 16.2 Å². The molecule has 0 aliphatic carbocycles. The van der Waals surface area contributed by atoms with Crippen molar-refractivity contribution in [3.63, 3.8) is 0 Å². The maximum atomic E-state index is 12.1. The number of aryl methyl sites for hydroxylation is 1. The molecule has 3 rings (SSSR count). The predicted octanol–water partition coefficient (Wildman–Crippen LogP) is 3.24. The van der Waals surface area contributed by atoms with Gasteiger partial charge in [0.15, 0.2) is 0 Å². The summed E-state index contributed by atoms with van der Waals surface area (Å²) in [5.74, 6) is 0.702. The molecule has 26 heavy (non-hydrogen) atoms. The smallest absolute Gasteiger partial charge is 0.321 e. The average Bonchev–Trinajstić information content (AvgIpc) is 3.05. The molecule has 0 radical (unpaired) electrons. The molecule has 2 N–H and O–H groups in total. The minimum Gasteiger partial charge on any atom is -0.493 e. The third kappa shape index (κ3) is 4.14. The number of nitrogens with zero attached hydrogens (tertiary/aromatic N) is 1. The van der Waals surface area contributed by atoms with E-state index in [1.54, 1.807) is 17.0 Å². The van der Waals surface area contributed by atoms with E-state index in [0.29, 0.717) is 25.4 Å². The molecule has 2 aromatic rings. The molecule has 6 heteroatoms. The fourth-order valence-corrected chi connectivity index (χ4v) is 2.80. The van der Waals surface area contributed by atoms with Gasteiger partial charge in [0, 0.05) is 24.5 Å². The van der Waals surface area contributed by atoms with Gasteiger partial charge in [-0.25, -0.2) is 4.79 Å². The van der Waals surface area contributed by atoms with Crippen LogP contribution in [0.1, 0.15) is 17.5 Å². The van der Waals surface area contributed by atoms with Crippen molar-refractivity contribution >= 4 is 23.3 Å². The lowest BCUT2D eigenvalue weighted by molar-refractivity contribution is -0.116. The summed E-state index contributed by atoms with van der Waals surface area (Å²) in [5, 5.41) is 5.61. The number of amides is 3. The van der Waals surface area contributed by atoms with E-state index in [-0.39, 0.29) is 18.4 Å². The Morgan fingerprint density at radius 1 is 1.19 bits per heavy atom. The SMILES string of the molecule is Cc1cccc(OCCC(=O)Nc2ccc(N3CCNC3=O)cc2)c1C. The number of benzene rings is 2. The van der Waals surface area contributed by atoms with Gasteiger partial charge < -0.3 is 15.4 Å². The zero-order chi connectivity index (χ0) is 18.5. The second-order valence-corrected chi connectivity index (χ2v) is 6.28. The lowest BCUT2D eigenvalue weighted by Gasteiger charge is -2.15. The maximum Gasteiger partial charge on any atom is 0.321 e. The Kier molecular flexibility index (Phi) is 5.41. The molecule has 1 fully saturated rings. The largest absolute Gasteiger partial charge is 0.493 e. The first-order valence-electron chi connectivity index (χ1n) is 8.69. The molecule has 1 aliphatic heterocycles. The second-order valence-electron chi connectivity index (χ2n) is 6.28. The third-order valence-corrected chi connectivity index (χ3v) is 4.46. The number of anilines is 2. The quantitative estimate of drug-likeness (QED) is 0.837. The summed E-state index contributed by atoms with van der Waals surface area (Å²) >= 11 is 0.